The second-order valence-corrected chi connectivity index (χ2v) is 5.23. The van der Waals surface area contributed by atoms with Gasteiger partial charge in [0.2, 0.25) is 5.91 Å². The highest BCUT2D eigenvalue weighted by atomic mass is 32.2. The number of carbonyl (C=O) groups is 2. The number of hydrogen-bond acceptors (Lipinski definition) is 5. The molecule has 0 saturated carbocycles. The Kier molecular flexibility index (Phi) is 4.95. The topological polar surface area (TPSA) is 114 Å². The van der Waals surface area contributed by atoms with Crippen molar-refractivity contribution < 1.29 is 18.9 Å². The van der Waals surface area contributed by atoms with E-state index in [9.17, 15) is 13.8 Å². The molecular formula is C9H14N4O4S. The Morgan fingerprint density at radius 2 is 2.28 bits per heavy atom. The molecule has 18 heavy (non-hydrogen) atoms. The number of nitrogens with one attached hydrogen (secondary N) is 1. The van der Waals surface area contributed by atoms with Crippen LogP contribution in [-0.4, -0.2) is 48.0 Å². The summed E-state index contributed by atoms with van der Waals surface area (Å²) >= 11 is 0. The molecule has 2 N–H and O–H groups in total. The van der Waals surface area contributed by atoms with Crippen LogP contribution in [0.25, 0.3) is 0 Å². The van der Waals surface area contributed by atoms with Crippen molar-refractivity contribution in [3.63, 3.8) is 0 Å². The van der Waals surface area contributed by atoms with Crippen molar-refractivity contribution in [1.82, 2.24) is 20.3 Å². The Morgan fingerprint density at radius 3 is 2.72 bits per heavy atom. The summed E-state index contributed by atoms with van der Waals surface area (Å²) in [5.74, 6) is -1.74. The van der Waals surface area contributed by atoms with Gasteiger partial charge in [0.15, 0.2) is 0 Å². The van der Waals surface area contributed by atoms with E-state index in [0.717, 1.165) is 0 Å². The lowest BCUT2D eigenvalue weighted by Gasteiger charge is -2.12. The molecule has 9 heteroatoms. The number of carbonyl (C=O) groups excluding carboxylic acids is 1. The SMILES string of the molecule is CC(=O)NC(CS(=O)Cc1cn(C)nn1)C(=O)O. The van der Waals surface area contributed by atoms with Crippen LogP contribution in [0.1, 0.15) is 12.6 Å². The second kappa shape index (κ2) is 6.24. The maximum atomic E-state index is 11.7. The summed E-state index contributed by atoms with van der Waals surface area (Å²) in [7, 11) is 0.241. The van der Waals surface area contributed by atoms with Gasteiger partial charge in [0.25, 0.3) is 0 Å². The van der Waals surface area contributed by atoms with Crippen LogP contribution in [0.5, 0.6) is 0 Å². The van der Waals surface area contributed by atoms with Gasteiger partial charge in [0, 0.05) is 31.0 Å². The number of rotatable bonds is 6. The molecule has 1 heterocycles. The summed E-state index contributed by atoms with van der Waals surface area (Å²) in [5.41, 5.74) is 0.516. The predicted molar refractivity (Wildman–Crippen MR) is 63.0 cm³/mol. The predicted octanol–water partition coefficient (Wildman–Crippen LogP) is -1.35. The fourth-order valence-electron chi connectivity index (χ4n) is 1.29. The van der Waals surface area contributed by atoms with Gasteiger partial charge in [-0.25, -0.2) is 4.79 Å². The van der Waals surface area contributed by atoms with Crippen LogP contribution < -0.4 is 5.32 Å². The molecule has 1 aromatic heterocycles. The largest absolute Gasteiger partial charge is 0.480 e. The molecule has 1 rings (SSSR count). The maximum absolute atomic E-state index is 11.7. The van der Waals surface area contributed by atoms with Crippen molar-refractivity contribution in [2.45, 2.75) is 18.7 Å². The molecule has 1 aromatic rings. The minimum Gasteiger partial charge on any atom is -0.480 e. The van der Waals surface area contributed by atoms with E-state index in [0.29, 0.717) is 5.69 Å². The van der Waals surface area contributed by atoms with Gasteiger partial charge in [-0.1, -0.05) is 5.21 Å². The summed E-state index contributed by atoms with van der Waals surface area (Å²) in [6, 6.07) is -1.15. The molecule has 100 valence electrons. The van der Waals surface area contributed by atoms with Crippen molar-refractivity contribution in [3.05, 3.63) is 11.9 Å². The fraction of sp³-hybridized carbons (Fsp3) is 0.556. The Morgan fingerprint density at radius 1 is 1.61 bits per heavy atom. The van der Waals surface area contributed by atoms with Crippen molar-refractivity contribution >= 4 is 22.7 Å². The molecule has 0 aromatic carbocycles. The molecule has 2 atom stereocenters. The van der Waals surface area contributed by atoms with E-state index >= 15 is 0 Å². The van der Waals surface area contributed by atoms with E-state index < -0.39 is 28.7 Å². The molecule has 0 aliphatic rings. The molecule has 2 unspecified atom stereocenters. The highest BCUT2D eigenvalue weighted by Gasteiger charge is 2.21. The average molecular weight is 274 g/mol. The summed E-state index contributed by atoms with van der Waals surface area (Å²) in [5, 5.41) is 18.5. The minimum absolute atomic E-state index is 0.108. The Balaban J connectivity index is 2.56. The van der Waals surface area contributed by atoms with Crippen molar-refractivity contribution in [2.75, 3.05) is 5.75 Å². The lowest BCUT2D eigenvalue weighted by atomic mass is 10.3. The quantitative estimate of drug-likeness (QED) is 0.663. The Labute approximate surface area is 106 Å². The van der Waals surface area contributed by atoms with E-state index in [1.54, 1.807) is 13.2 Å². The summed E-state index contributed by atoms with van der Waals surface area (Å²) < 4.78 is 13.2. The zero-order valence-electron chi connectivity index (χ0n) is 9.99. The second-order valence-electron chi connectivity index (χ2n) is 3.73. The number of aryl methyl sites for hydroxylation is 1. The van der Waals surface area contributed by atoms with E-state index in [1.165, 1.54) is 11.6 Å². The number of aromatic nitrogens is 3. The normalized spacial score (nSPS) is 13.9. The zero-order chi connectivity index (χ0) is 13.7. The van der Waals surface area contributed by atoms with Gasteiger partial charge in [0.05, 0.1) is 17.2 Å². The monoisotopic (exact) mass is 274 g/mol. The number of carboxylic acid groups (broad SMARTS) is 1. The van der Waals surface area contributed by atoms with Gasteiger partial charge in [-0.05, 0) is 0 Å². The van der Waals surface area contributed by atoms with Crippen LogP contribution in [0.3, 0.4) is 0 Å². The smallest absolute Gasteiger partial charge is 0.327 e. The number of hydrogen-bond donors (Lipinski definition) is 2. The van der Waals surface area contributed by atoms with Gasteiger partial charge in [-0.15, -0.1) is 5.10 Å². The highest BCUT2D eigenvalue weighted by molar-refractivity contribution is 7.84. The van der Waals surface area contributed by atoms with Gasteiger partial charge in [-0.2, -0.15) is 0 Å². The molecule has 0 bridgehead atoms. The van der Waals surface area contributed by atoms with E-state index in [-0.39, 0.29) is 11.5 Å². The average Bonchev–Trinajstić information content (AvgIpc) is 2.62. The molecule has 0 radical (unpaired) electrons. The summed E-state index contributed by atoms with van der Waals surface area (Å²) in [4.78, 5) is 21.6. The van der Waals surface area contributed by atoms with E-state index in [4.69, 9.17) is 5.11 Å². The molecule has 1 amide bonds. The Bertz CT molecular complexity index is 473. The van der Waals surface area contributed by atoms with Gasteiger partial charge in [-0.3, -0.25) is 13.7 Å². The standard InChI is InChI=1S/C9H14N4O4S/c1-6(14)10-8(9(15)16)5-18(17)4-7-3-13(2)12-11-7/h3,8H,4-5H2,1-2H3,(H,10,14)(H,15,16). The van der Waals surface area contributed by atoms with Gasteiger partial charge < -0.3 is 10.4 Å². The van der Waals surface area contributed by atoms with Crippen LogP contribution >= 0.6 is 0 Å². The first-order chi connectivity index (χ1) is 8.38. The van der Waals surface area contributed by atoms with Crippen LogP contribution in [0.4, 0.5) is 0 Å². The number of nitrogens with zero attached hydrogens (tertiary/aromatic N) is 3. The van der Waals surface area contributed by atoms with Crippen LogP contribution in [-0.2, 0) is 33.2 Å². The number of aliphatic carboxylic acids is 1. The van der Waals surface area contributed by atoms with Crippen molar-refractivity contribution in [2.24, 2.45) is 7.05 Å². The Hall–Kier alpha value is -1.77. The maximum Gasteiger partial charge on any atom is 0.327 e. The minimum atomic E-state index is -1.44. The van der Waals surface area contributed by atoms with E-state index in [2.05, 4.69) is 15.6 Å². The van der Waals surface area contributed by atoms with Gasteiger partial charge >= 0.3 is 5.97 Å². The first-order valence-corrected chi connectivity index (χ1v) is 6.57. The highest BCUT2D eigenvalue weighted by Crippen LogP contribution is 2.00. The lowest BCUT2D eigenvalue weighted by molar-refractivity contribution is -0.140. The van der Waals surface area contributed by atoms with Gasteiger partial charge in [0.1, 0.15) is 6.04 Å². The van der Waals surface area contributed by atoms with Crippen LogP contribution in [0.2, 0.25) is 0 Å². The molecule has 0 aliphatic carbocycles. The summed E-state index contributed by atoms with van der Waals surface area (Å²) in [6.45, 7) is 1.21. The summed E-state index contributed by atoms with van der Waals surface area (Å²) in [6.07, 6.45) is 1.60. The molecule has 8 nitrogen and oxygen atoms in total. The number of carboxylic acids is 1. The molecular weight excluding hydrogens is 260 g/mol. The first-order valence-electron chi connectivity index (χ1n) is 5.08. The molecule has 0 spiro atoms. The third-order valence-corrected chi connectivity index (χ3v) is 3.31. The number of amides is 1. The molecule has 0 fully saturated rings. The van der Waals surface area contributed by atoms with Crippen LogP contribution in [0, 0.1) is 0 Å². The molecule has 0 saturated heterocycles. The van der Waals surface area contributed by atoms with Crippen LogP contribution in [0.15, 0.2) is 6.20 Å². The third kappa shape index (κ3) is 4.62. The molecule has 0 aliphatic heterocycles. The van der Waals surface area contributed by atoms with Crippen molar-refractivity contribution in [1.29, 1.82) is 0 Å². The first kappa shape index (κ1) is 14.3. The lowest BCUT2D eigenvalue weighted by Crippen LogP contribution is -2.43. The third-order valence-electron chi connectivity index (χ3n) is 1.99. The van der Waals surface area contributed by atoms with Crippen molar-refractivity contribution in [3.8, 4) is 0 Å². The fourth-order valence-corrected chi connectivity index (χ4v) is 2.47. The van der Waals surface area contributed by atoms with E-state index in [1.807, 2.05) is 0 Å². The zero-order valence-corrected chi connectivity index (χ0v) is 10.8.